The summed E-state index contributed by atoms with van der Waals surface area (Å²) in [6, 6.07) is 10.3. The SMILES string of the molecule is CN1N=C(SCc2ccc(C(F)(F)F)cc2C#N)Sc2c1cnn(-c1cccc(N3CCOCC3)n1)c2=O. The van der Waals surface area contributed by atoms with Crippen LogP contribution in [0.1, 0.15) is 16.7 Å². The summed E-state index contributed by atoms with van der Waals surface area (Å²) in [6.45, 7) is 2.61. The van der Waals surface area contributed by atoms with E-state index in [4.69, 9.17) is 4.74 Å². The lowest BCUT2D eigenvalue weighted by atomic mass is 10.1. The van der Waals surface area contributed by atoms with E-state index in [0.717, 1.165) is 29.7 Å². The number of halogens is 3. The molecule has 196 valence electrons. The van der Waals surface area contributed by atoms with Crippen LogP contribution in [-0.2, 0) is 16.7 Å². The van der Waals surface area contributed by atoms with Crippen LogP contribution in [0.25, 0.3) is 5.82 Å². The summed E-state index contributed by atoms with van der Waals surface area (Å²) in [4.78, 5) is 20.6. The fourth-order valence-electron chi connectivity index (χ4n) is 3.88. The number of thioether (sulfide) groups is 2. The summed E-state index contributed by atoms with van der Waals surface area (Å²) in [5, 5.41) is 19.7. The first-order chi connectivity index (χ1) is 18.2. The quantitative estimate of drug-likeness (QED) is 0.468. The van der Waals surface area contributed by atoms with Gasteiger partial charge in [0.1, 0.15) is 10.7 Å². The van der Waals surface area contributed by atoms with E-state index in [0.29, 0.717) is 52.6 Å². The van der Waals surface area contributed by atoms with Gasteiger partial charge in [0.2, 0.25) is 0 Å². The number of pyridine rings is 1. The molecule has 0 unspecified atom stereocenters. The molecule has 2 aliphatic heterocycles. The fourth-order valence-corrected chi connectivity index (χ4v) is 6.06. The molecular formula is C24H20F3N7O2S2. The van der Waals surface area contributed by atoms with Gasteiger partial charge in [-0.3, -0.25) is 9.80 Å². The van der Waals surface area contributed by atoms with E-state index in [1.165, 1.54) is 27.5 Å². The molecular weight excluding hydrogens is 539 g/mol. The number of nitrogens with zero attached hydrogens (tertiary/aromatic N) is 7. The Balaban J connectivity index is 1.37. The molecule has 14 heteroatoms. The third-order valence-electron chi connectivity index (χ3n) is 5.86. The monoisotopic (exact) mass is 559 g/mol. The zero-order valence-electron chi connectivity index (χ0n) is 20.0. The van der Waals surface area contributed by atoms with Gasteiger partial charge in [0.25, 0.3) is 5.56 Å². The second-order valence-electron chi connectivity index (χ2n) is 8.29. The van der Waals surface area contributed by atoms with E-state index in [-0.39, 0.29) is 16.9 Å². The van der Waals surface area contributed by atoms with E-state index >= 15 is 0 Å². The number of nitriles is 1. The number of hydrogen-bond acceptors (Lipinski definition) is 10. The first-order valence-corrected chi connectivity index (χ1v) is 13.2. The molecule has 2 aliphatic rings. The zero-order chi connectivity index (χ0) is 26.9. The van der Waals surface area contributed by atoms with Crippen LogP contribution in [0.15, 0.2) is 57.4 Å². The lowest BCUT2D eigenvalue weighted by Crippen LogP contribution is -2.37. The van der Waals surface area contributed by atoms with Crippen molar-refractivity contribution in [3.8, 4) is 11.9 Å². The molecule has 1 aromatic carbocycles. The Bertz CT molecular complexity index is 1500. The van der Waals surface area contributed by atoms with E-state index in [2.05, 4.69) is 20.1 Å². The maximum absolute atomic E-state index is 13.5. The van der Waals surface area contributed by atoms with Gasteiger partial charge < -0.3 is 9.64 Å². The molecule has 0 aliphatic carbocycles. The first-order valence-electron chi connectivity index (χ1n) is 11.4. The highest BCUT2D eigenvalue weighted by atomic mass is 32.2. The van der Waals surface area contributed by atoms with Gasteiger partial charge in [-0.05, 0) is 29.8 Å². The van der Waals surface area contributed by atoms with E-state index in [1.54, 1.807) is 19.3 Å². The largest absolute Gasteiger partial charge is 0.416 e. The minimum absolute atomic E-state index is 0.0553. The molecule has 0 radical (unpaired) electrons. The van der Waals surface area contributed by atoms with Crippen molar-refractivity contribution in [3.05, 3.63) is 69.6 Å². The van der Waals surface area contributed by atoms with Crippen molar-refractivity contribution in [2.24, 2.45) is 5.10 Å². The van der Waals surface area contributed by atoms with Crippen LogP contribution in [-0.4, -0.2) is 52.5 Å². The lowest BCUT2D eigenvalue weighted by Gasteiger charge is -2.28. The maximum Gasteiger partial charge on any atom is 0.416 e. The highest BCUT2D eigenvalue weighted by Crippen LogP contribution is 2.37. The Hall–Kier alpha value is -3.54. The molecule has 4 heterocycles. The van der Waals surface area contributed by atoms with Crippen molar-refractivity contribution >= 4 is 39.4 Å². The minimum Gasteiger partial charge on any atom is -0.378 e. The van der Waals surface area contributed by atoms with Crippen LogP contribution in [0, 0.1) is 11.3 Å². The Morgan fingerprint density at radius 2 is 1.95 bits per heavy atom. The number of aromatic nitrogens is 3. The van der Waals surface area contributed by atoms with E-state index in [9.17, 15) is 23.2 Å². The van der Waals surface area contributed by atoms with Crippen LogP contribution >= 0.6 is 23.5 Å². The van der Waals surface area contributed by atoms with Crippen molar-refractivity contribution in [1.82, 2.24) is 14.8 Å². The summed E-state index contributed by atoms with van der Waals surface area (Å²) in [5.41, 5.74) is -0.331. The van der Waals surface area contributed by atoms with Crippen LogP contribution in [0.2, 0.25) is 0 Å². The van der Waals surface area contributed by atoms with Gasteiger partial charge >= 0.3 is 6.18 Å². The number of hydrogen-bond donors (Lipinski definition) is 0. The second-order valence-corrected chi connectivity index (χ2v) is 10.5. The molecule has 0 amide bonds. The van der Waals surface area contributed by atoms with Crippen molar-refractivity contribution in [1.29, 1.82) is 5.26 Å². The standard InChI is InChI=1S/C24H20F3N7O2S2/c1-32-18-13-29-34(20-4-2-3-19(30-20)33-7-9-36-10-8-33)22(35)21(18)38-23(31-32)37-14-15-5-6-17(24(25,26)27)11-16(15)12-28/h2-6,11,13H,7-10,14H2,1H3. The molecule has 0 spiro atoms. The number of anilines is 2. The molecule has 9 nitrogen and oxygen atoms in total. The smallest absolute Gasteiger partial charge is 0.378 e. The molecule has 0 N–H and O–H groups in total. The predicted octanol–water partition coefficient (Wildman–Crippen LogP) is 4.10. The maximum atomic E-state index is 13.5. The molecule has 3 aromatic rings. The van der Waals surface area contributed by atoms with Crippen molar-refractivity contribution in [3.63, 3.8) is 0 Å². The number of ether oxygens (including phenoxy) is 1. The van der Waals surface area contributed by atoms with Crippen LogP contribution in [0.5, 0.6) is 0 Å². The molecule has 2 aromatic heterocycles. The Morgan fingerprint density at radius 1 is 1.18 bits per heavy atom. The summed E-state index contributed by atoms with van der Waals surface area (Å²) in [6.07, 6.45) is -2.99. The lowest BCUT2D eigenvalue weighted by molar-refractivity contribution is -0.137. The fraction of sp³-hybridized carbons (Fsp3) is 0.292. The van der Waals surface area contributed by atoms with Gasteiger partial charge in [-0.25, -0.2) is 4.98 Å². The molecule has 5 rings (SSSR count). The summed E-state index contributed by atoms with van der Waals surface area (Å²) >= 11 is 2.38. The van der Waals surface area contributed by atoms with Gasteiger partial charge in [0, 0.05) is 25.9 Å². The summed E-state index contributed by atoms with van der Waals surface area (Å²) < 4.78 is 46.2. The number of alkyl halides is 3. The van der Waals surface area contributed by atoms with E-state index in [1.807, 2.05) is 18.2 Å². The van der Waals surface area contributed by atoms with Gasteiger partial charge in [-0.1, -0.05) is 35.7 Å². The molecule has 0 atom stereocenters. The summed E-state index contributed by atoms with van der Waals surface area (Å²) in [7, 11) is 1.68. The van der Waals surface area contributed by atoms with Gasteiger partial charge in [-0.15, -0.1) is 0 Å². The number of benzene rings is 1. The van der Waals surface area contributed by atoms with Crippen molar-refractivity contribution in [2.75, 3.05) is 43.3 Å². The minimum atomic E-state index is -4.53. The van der Waals surface area contributed by atoms with Crippen molar-refractivity contribution in [2.45, 2.75) is 16.8 Å². The van der Waals surface area contributed by atoms with Gasteiger partial charge in [-0.2, -0.15) is 33.3 Å². The second kappa shape index (κ2) is 10.7. The van der Waals surface area contributed by atoms with Crippen molar-refractivity contribution < 1.29 is 17.9 Å². The number of rotatable bonds is 4. The van der Waals surface area contributed by atoms with Gasteiger partial charge in [0.15, 0.2) is 10.2 Å². The predicted molar refractivity (Wildman–Crippen MR) is 140 cm³/mol. The third kappa shape index (κ3) is 5.35. The van der Waals surface area contributed by atoms with Crippen LogP contribution in [0.4, 0.5) is 24.7 Å². The molecule has 1 fully saturated rings. The highest BCUT2D eigenvalue weighted by molar-refractivity contribution is 8.38. The average molecular weight is 560 g/mol. The average Bonchev–Trinajstić information content (AvgIpc) is 2.92. The van der Waals surface area contributed by atoms with E-state index < -0.39 is 11.7 Å². The topological polar surface area (TPSA) is 99.6 Å². The first kappa shape index (κ1) is 26.1. The number of morpholine rings is 1. The molecule has 38 heavy (non-hydrogen) atoms. The Morgan fingerprint density at radius 3 is 2.68 bits per heavy atom. The number of hydrazone groups is 1. The summed E-state index contributed by atoms with van der Waals surface area (Å²) in [5.74, 6) is 1.31. The van der Waals surface area contributed by atoms with Gasteiger partial charge in [0.05, 0.1) is 42.3 Å². The third-order valence-corrected chi connectivity index (χ3v) is 8.10. The zero-order valence-corrected chi connectivity index (χ0v) is 21.6. The molecule has 1 saturated heterocycles. The highest BCUT2D eigenvalue weighted by Gasteiger charge is 2.31. The van der Waals surface area contributed by atoms with Crippen LogP contribution in [0.3, 0.4) is 0 Å². The number of fused-ring (bicyclic) bond motifs is 1. The van der Waals surface area contributed by atoms with Crippen LogP contribution < -0.4 is 15.5 Å². The molecule has 0 saturated carbocycles. The Kier molecular flexibility index (Phi) is 7.33. The normalized spacial score (nSPS) is 15.6. The Labute approximate surface area is 223 Å². The molecule has 0 bridgehead atoms.